The molecule has 0 atom stereocenters. The lowest BCUT2D eigenvalue weighted by Gasteiger charge is -2.31. The first-order valence-corrected chi connectivity index (χ1v) is 10.8. The number of aromatic nitrogens is 3. The molecule has 2 aromatic heterocycles. The Morgan fingerprint density at radius 2 is 2.14 bits per heavy atom. The molecule has 0 bridgehead atoms. The maximum absolute atomic E-state index is 12.4. The van der Waals surface area contributed by atoms with Gasteiger partial charge in [0.25, 0.3) is 0 Å². The van der Waals surface area contributed by atoms with Crippen molar-refractivity contribution in [3.63, 3.8) is 0 Å². The van der Waals surface area contributed by atoms with Crippen LogP contribution in [0.1, 0.15) is 33.6 Å². The molecule has 0 unspecified atom stereocenters. The largest absolute Gasteiger partial charge is 0.461 e. The van der Waals surface area contributed by atoms with Crippen LogP contribution in [0.15, 0.2) is 39.6 Å². The predicted octanol–water partition coefficient (Wildman–Crippen LogP) is 3.20. The Morgan fingerprint density at radius 3 is 2.79 bits per heavy atom. The Kier molecular flexibility index (Phi) is 7.33. The van der Waals surface area contributed by atoms with Crippen LogP contribution in [0.4, 0.5) is 0 Å². The zero-order valence-electron chi connectivity index (χ0n) is 16.9. The topological polar surface area (TPSA) is 76.2 Å². The van der Waals surface area contributed by atoms with Gasteiger partial charge in [0, 0.05) is 32.2 Å². The zero-order valence-corrected chi connectivity index (χ0v) is 17.7. The van der Waals surface area contributed by atoms with Crippen molar-refractivity contribution < 1.29 is 9.21 Å². The summed E-state index contributed by atoms with van der Waals surface area (Å²) in [6.45, 7) is 10.1. The highest BCUT2D eigenvalue weighted by Gasteiger charge is 2.21. The molecular formula is C20H29N5O2S. The first-order valence-electron chi connectivity index (χ1n) is 9.81. The van der Waals surface area contributed by atoms with Crippen LogP contribution in [0.2, 0.25) is 0 Å². The average Bonchev–Trinajstić information content (AvgIpc) is 3.34. The second-order valence-corrected chi connectivity index (χ2v) is 8.18. The van der Waals surface area contributed by atoms with Crippen LogP contribution in [-0.4, -0.2) is 57.0 Å². The van der Waals surface area contributed by atoms with Crippen molar-refractivity contribution in [2.24, 2.45) is 0 Å². The van der Waals surface area contributed by atoms with Crippen LogP contribution in [-0.2, 0) is 11.3 Å². The van der Waals surface area contributed by atoms with E-state index in [9.17, 15) is 4.79 Å². The quantitative estimate of drug-likeness (QED) is 0.539. The molecule has 0 saturated carbocycles. The van der Waals surface area contributed by atoms with E-state index >= 15 is 0 Å². The Hall–Kier alpha value is -2.06. The summed E-state index contributed by atoms with van der Waals surface area (Å²) in [5.41, 5.74) is 1.35. The summed E-state index contributed by atoms with van der Waals surface area (Å²) in [7, 11) is 0. The fourth-order valence-electron chi connectivity index (χ4n) is 3.24. The van der Waals surface area contributed by atoms with Gasteiger partial charge in [0.1, 0.15) is 0 Å². The number of nitrogens with zero attached hydrogens (tertiary/aromatic N) is 4. The minimum atomic E-state index is 0.0537. The molecule has 1 N–H and O–H groups in total. The molecule has 1 aliphatic rings. The van der Waals surface area contributed by atoms with Crippen LogP contribution in [0.5, 0.6) is 0 Å². The molecule has 28 heavy (non-hydrogen) atoms. The molecule has 2 aromatic rings. The molecule has 0 aromatic carbocycles. The van der Waals surface area contributed by atoms with Crippen molar-refractivity contribution in [2.75, 3.05) is 25.4 Å². The van der Waals surface area contributed by atoms with Gasteiger partial charge in [-0.1, -0.05) is 23.4 Å². The molecule has 152 valence electrons. The van der Waals surface area contributed by atoms with E-state index in [1.54, 1.807) is 6.26 Å². The number of nitrogens with one attached hydrogen (secondary N) is 1. The molecular weight excluding hydrogens is 374 g/mol. The van der Waals surface area contributed by atoms with Crippen molar-refractivity contribution in [3.05, 3.63) is 30.0 Å². The fraction of sp³-hybridized carbons (Fsp3) is 0.550. The smallest absolute Gasteiger partial charge is 0.230 e. The van der Waals surface area contributed by atoms with E-state index in [-0.39, 0.29) is 11.9 Å². The van der Waals surface area contributed by atoms with Crippen molar-refractivity contribution in [3.8, 4) is 11.6 Å². The SMILES string of the molecule is CCn1c(SCC(=O)NC2CCN(CC=C(C)C)CC2)nnc1-c1ccco1. The third-order valence-electron chi connectivity index (χ3n) is 4.82. The summed E-state index contributed by atoms with van der Waals surface area (Å²) in [6, 6.07) is 3.95. The van der Waals surface area contributed by atoms with Gasteiger partial charge >= 0.3 is 0 Å². The standard InChI is InChI=1S/C20H29N5O2S/c1-4-25-19(17-6-5-13-27-17)22-23-20(25)28-14-18(26)21-16-8-11-24(12-9-16)10-7-15(2)3/h5-7,13,16H,4,8-12,14H2,1-3H3,(H,21,26). The second-order valence-electron chi connectivity index (χ2n) is 7.24. The molecule has 0 aliphatic carbocycles. The van der Waals surface area contributed by atoms with Crippen LogP contribution < -0.4 is 5.32 Å². The molecule has 1 saturated heterocycles. The number of hydrogen-bond donors (Lipinski definition) is 1. The Labute approximate surface area is 170 Å². The van der Waals surface area contributed by atoms with E-state index < -0.39 is 0 Å². The zero-order chi connectivity index (χ0) is 19.9. The molecule has 3 heterocycles. The lowest BCUT2D eigenvalue weighted by atomic mass is 10.0. The van der Waals surface area contributed by atoms with Crippen molar-refractivity contribution in [1.29, 1.82) is 0 Å². The third kappa shape index (κ3) is 5.48. The van der Waals surface area contributed by atoms with Crippen LogP contribution in [0, 0.1) is 0 Å². The summed E-state index contributed by atoms with van der Waals surface area (Å²) in [5, 5.41) is 12.4. The number of amides is 1. The predicted molar refractivity (Wildman–Crippen MR) is 111 cm³/mol. The summed E-state index contributed by atoms with van der Waals surface area (Å²) < 4.78 is 7.39. The van der Waals surface area contributed by atoms with Crippen molar-refractivity contribution in [2.45, 2.75) is 51.4 Å². The lowest BCUT2D eigenvalue weighted by molar-refractivity contribution is -0.119. The van der Waals surface area contributed by atoms with E-state index in [1.807, 2.05) is 23.6 Å². The molecule has 1 amide bonds. The second kappa shape index (κ2) is 9.93. The minimum Gasteiger partial charge on any atom is -0.461 e. The number of furan rings is 1. The van der Waals surface area contributed by atoms with Crippen molar-refractivity contribution in [1.82, 2.24) is 25.0 Å². The highest BCUT2D eigenvalue weighted by atomic mass is 32.2. The van der Waals surface area contributed by atoms with Crippen LogP contribution in [0.25, 0.3) is 11.6 Å². The molecule has 7 nitrogen and oxygen atoms in total. The van der Waals surface area contributed by atoms with Gasteiger partial charge in [-0.25, -0.2) is 0 Å². The van der Waals surface area contributed by atoms with E-state index in [4.69, 9.17) is 4.42 Å². The number of hydrogen-bond acceptors (Lipinski definition) is 6. The van der Waals surface area contributed by atoms with Gasteiger partial charge in [0.15, 0.2) is 16.7 Å². The summed E-state index contributed by atoms with van der Waals surface area (Å²) in [6.07, 6.45) is 5.88. The number of thioether (sulfide) groups is 1. The van der Waals surface area contributed by atoms with Gasteiger partial charge in [0.05, 0.1) is 12.0 Å². The molecule has 1 fully saturated rings. The van der Waals surface area contributed by atoms with Crippen LogP contribution in [0.3, 0.4) is 0 Å². The third-order valence-corrected chi connectivity index (χ3v) is 5.78. The molecule has 8 heteroatoms. The summed E-state index contributed by atoms with van der Waals surface area (Å²) >= 11 is 1.42. The maximum Gasteiger partial charge on any atom is 0.230 e. The van der Waals surface area contributed by atoms with E-state index in [0.717, 1.165) is 44.2 Å². The molecule has 0 spiro atoms. The number of carbonyl (C=O) groups excluding carboxylic acids is 1. The highest BCUT2D eigenvalue weighted by molar-refractivity contribution is 7.99. The summed E-state index contributed by atoms with van der Waals surface area (Å²) in [4.78, 5) is 14.8. The Bertz CT molecular complexity index is 788. The number of likely N-dealkylation sites (tertiary alicyclic amines) is 1. The Morgan fingerprint density at radius 1 is 1.36 bits per heavy atom. The highest BCUT2D eigenvalue weighted by Crippen LogP contribution is 2.24. The minimum absolute atomic E-state index is 0.0537. The number of allylic oxidation sites excluding steroid dienone is 1. The Balaban J connectivity index is 1.46. The first kappa shape index (κ1) is 20.7. The van der Waals surface area contributed by atoms with E-state index in [2.05, 4.69) is 40.3 Å². The van der Waals surface area contributed by atoms with Crippen LogP contribution >= 0.6 is 11.8 Å². The van der Waals surface area contributed by atoms with Gasteiger partial charge in [-0.3, -0.25) is 14.3 Å². The van der Waals surface area contributed by atoms with Gasteiger partial charge in [-0.2, -0.15) is 0 Å². The van der Waals surface area contributed by atoms with Crippen molar-refractivity contribution >= 4 is 17.7 Å². The van der Waals surface area contributed by atoms with E-state index in [0.29, 0.717) is 17.3 Å². The number of carbonyl (C=O) groups is 1. The average molecular weight is 404 g/mol. The number of rotatable bonds is 8. The molecule has 0 radical (unpaired) electrons. The summed E-state index contributed by atoms with van der Waals surface area (Å²) in [5.74, 6) is 1.77. The molecule has 3 rings (SSSR count). The maximum atomic E-state index is 12.4. The molecule has 1 aliphatic heterocycles. The van der Waals surface area contributed by atoms with Gasteiger partial charge < -0.3 is 9.73 Å². The normalized spacial score (nSPS) is 15.5. The number of piperidine rings is 1. The lowest BCUT2D eigenvalue weighted by Crippen LogP contribution is -2.45. The van der Waals surface area contributed by atoms with Gasteiger partial charge in [-0.05, 0) is 45.7 Å². The monoisotopic (exact) mass is 403 g/mol. The van der Waals surface area contributed by atoms with Gasteiger partial charge in [-0.15, -0.1) is 10.2 Å². The van der Waals surface area contributed by atoms with E-state index in [1.165, 1.54) is 17.3 Å². The van der Waals surface area contributed by atoms with Gasteiger partial charge in [0.2, 0.25) is 5.91 Å². The first-order chi connectivity index (χ1) is 13.6. The fourth-order valence-corrected chi connectivity index (χ4v) is 4.05.